The largest absolute Gasteiger partial charge is 0.394 e. The molecule has 0 bridgehead atoms. The highest BCUT2D eigenvalue weighted by Crippen LogP contribution is 2.32. The van der Waals surface area contributed by atoms with E-state index in [2.05, 4.69) is 4.98 Å². The van der Waals surface area contributed by atoms with Crippen LogP contribution in [-0.2, 0) is 4.74 Å². The number of H-pyrrole nitrogens is 1. The number of nitrogens with one attached hydrogen (secondary N) is 1. The number of aliphatic hydroxyl groups excluding tert-OH is 1. The Morgan fingerprint density at radius 2 is 2.29 bits per heavy atom. The molecule has 0 aliphatic carbocycles. The van der Waals surface area contributed by atoms with Gasteiger partial charge in [0.25, 0.3) is 5.56 Å². The van der Waals surface area contributed by atoms with Crippen molar-refractivity contribution in [3.63, 3.8) is 0 Å². The van der Waals surface area contributed by atoms with Crippen LogP contribution >= 0.6 is 0 Å². The summed E-state index contributed by atoms with van der Waals surface area (Å²) in [4.78, 5) is 25.2. The van der Waals surface area contributed by atoms with E-state index >= 15 is 0 Å². The molecule has 1 fully saturated rings. The number of hydrogen-bond acceptors (Lipinski definition) is 4. The van der Waals surface area contributed by atoms with Crippen molar-refractivity contribution in [1.29, 1.82) is 0 Å². The number of aryl methyl sites for hydroxylation is 1. The quantitative estimate of drug-likeness (QED) is 0.747. The molecule has 1 aromatic heterocycles. The van der Waals surface area contributed by atoms with Gasteiger partial charge in [-0.05, 0) is 13.3 Å². The van der Waals surface area contributed by atoms with Crippen molar-refractivity contribution < 1.29 is 9.84 Å². The van der Waals surface area contributed by atoms with Crippen LogP contribution in [0.15, 0.2) is 15.8 Å². The van der Waals surface area contributed by atoms with Gasteiger partial charge in [-0.1, -0.05) is 6.92 Å². The van der Waals surface area contributed by atoms with Gasteiger partial charge in [0.2, 0.25) is 0 Å². The topological polar surface area (TPSA) is 84.3 Å². The monoisotopic (exact) mass is 240 g/mol. The molecule has 2 N–H and O–H groups in total. The van der Waals surface area contributed by atoms with Crippen LogP contribution in [0, 0.1) is 12.8 Å². The SMILES string of the molecule is Cc1cn(C2OC(CO)CC2C)c(=O)[nH]c1=O. The van der Waals surface area contributed by atoms with Gasteiger partial charge < -0.3 is 9.84 Å². The molecule has 2 rings (SSSR count). The zero-order chi connectivity index (χ0) is 12.6. The third kappa shape index (κ3) is 2.18. The highest BCUT2D eigenvalue weighted by Gasteiger charge is 2.33. The van der Waals surface area contributed by atoms with Gasteiger partial charge >= 0.3 is 5.69 Å². The number of nitrogens with zero attached hydrogens (tertiary/aromatic N) is 1. The Balaban J connectivity index is 2.38. The average Bonchev–Trinajstić information content (AvgIpc) is 2.65. The predicted molar refractivity (Wildman–Crippen MR) is 60.8 cm³/mol. The minimum absolute atomic E-state index is 0.0576. The zero-order valence-corrected chi connectivity index (χ0v) is 9.84. The van der Waals surface area contributed by atoms with Gasteiger partial charge in [0, 0.05) is 17.7 Å². The third-order valence-corrected chi connectivity index (χ3v) is 3.08. The van der Waals surface area contributed by atoms with Crippen LogP contribution in [0.1, 0.15) is 25.1 Å². The summed E-state index contributed by atoms with van der Waals surface area (Å²) in [5, 5.41) is 9.05. The van der Waals surface area contributed by atoms with Gasteiger partial charge in [-0.25, -0.2) is 4.79 Å². The predicted octanol–water partition coefficient (Wildman–Crippen LogP) is -0.239. The van der Waals surface area contributed by atoms with E-state index in [0.717, 1.165) is 0 Å². The molecule has 0 aromatic carbocycles. The lowest BCUT2D eigenvalue weighted by atomic mass is 10.1. The van der Waals surface area contributed by atoms with Crippen LogP contribution in [0.4, 0.5) is 0 Å². The molecule has 6 nitrogen and oxygen atoms in total. The van der Waals surface area contributed by atoms with Crippen LogP contribution in [0.3, 0.4) is 0 Å². The van der Waals surface area contributed by atoms with Gasteiger partial charge in [0.1, 0.15) is 6.23 Å². The number of aromatic nitrogens is 2. The molecule has 0 amide bonds. The Morgan fingerprint density at radius 3 is 2.88 bits per heavy atom. The second kappa shape index (κ2) is 4.46. The average molecular weight is 240 g/mol. The van der Waals surface area contributed by atoms with Crippen LogP contribution in [0.2, 0.25) is 0 Å². The van der Waals surface area contributed by atoms with Crippen molar-refractivity contribution in [2.75, 3.05) is 6.61 Å². The molecule has 1 aliphatic rings. The molecule has 17 heavy (non-hydrogen) atoms. The standard InChI is InChI=1S/C11H16N2O4/c1-6-3-8(5-14)17-10(6)13-4-7(2)9(15)12-11(13)16/h4,6,8,10,14H,3,5H2,1-2H3,(H,12,15,16). The first-order chi connectivity index (χ1) is 8.02. The minimum atomic E-state index is -0.476. The van der Waals surface area contributed by atoms with E-state index in [0.29, 0.717) is 12.0 Å². The maximum atomic E-state index is 11.7. The van der Waals surface area contributed by atoms with Gasteiger partial charge in [-0.15, -0.1) is 0 Å². The van der Waals surface area contributed by atoms with Crippen molar-refractivity contribution >= 4 is 0 Å². The Labute approximate surface area is 97.9 Å². The summed E-state index contributed by atoms with van der Waals surface area (Å²) < 4.78 is 6.96. The molecule has 0 saturated carbocycles. The van der Waals surface area contributed by atoms with Crippen LogP contribution < -0.4 is 11.2 Å². The molecule has 1 aromatic rings. The summed E-state index contributed by atoms with van der Waals surface area (Å²) in [6, 6.07) is 0. The van der Waals surface area contributed by atoms with E-state index < -0.39 is 11.9 Å². The first-order valence-electron chi connectivity index (χ1n) is 5.61. The number of ether oxygens (including phenoxy) is 1. The number of rotatable bonds is 2. The van der Waals surface area contributed by atoms with Crippen LogP contribution in [0.25, 0.3) is 0 Å². The molecule has 3 atom stereocenters. The van der Waals surface area contributed by atoms with Gasteiger partial charge in [0.15, 0.2) is 0 Å². The van der Waals surface area contributed by atoms with Crippen molar-refractivity contribution in [2.24, 2.45) is 5.92 Å². The van der Waals surface area contributed by atoms with E-state index in [4.69, 9.17) is 9.84 Å². The summed E-state index contributed by atoms with van der Waals surface area (Å²) >= 11 is 0. The maximum Gasteiger partial charge on any atom is 0.330 e. The lowest BCUT2D eigenvalue weighted by molar-refractivity contribution is -0.0337. The summed E-state index contributed by atoms with van der Waals surface area (Å²) in [6.45, 7) is 3.53. The van der Waals surface area contributed by atoms with Gasteiger partial charge in [-0.2, -0.15) is 0 Å². The summed E-state index contributed by atoms with van der Waals surface area (Å²) in [5.41, 5.74) is -0.389. The van der Waals surface area contributed by atoms with Crippen molar-refractivity contribution in [3.8, 4) is 0 Å². The van der Waals surface area contributed by atoms with E-state index in [9.17, 15) is 9.59 Å². The highest BCUT2D eigenvalue weighted by atomic mass is 16.5. The fourth-order valence-corrected chi connectivity index (χ4v) is 2.15. The molecule has 0 radical (unpaired) electrons. The molecule has 2 heterocycles. The lowest BCUT2D eigenvalue weighted by Crippen LogP contribution is -2.34. The Kier molecular flexibility index (Phi) is 3.17. The first kappa shape index (κ1) is 12.1. The van der Waals surface area contributed by atoms with E-state index in [1.54, 1.807) is 6.92 Å². The van der Waals surface area contributed by atoms with E-state index in [-0.39, 0.29) is 24.2 Å². The fraction of sp³-hybridized carbons (Fsp3) is 0.636. The van der Waals surface area contributed by atoms with Crippen LogP contribution in [-0.4, -0.2) is 27.4 Å². The maximum absolute atomic E-state index is 11.7. The van der Waals surface area contributed by atoms with Crippen molar-refractivity contribution in [3.05, 3.63) is 32.6 Å². The summed E-state index contributed by atoms with van der Waals surface area (Å²) in [7, 11) is 0. The molecule has 1 saturated heterocycles. The molecule has 6 heteroatoms. The molecule has 3 unspecified atom stereocenters. The van der Waals surface area contributed by atoms with Crippen molar-refractivity contribution in [1.82, 2.24) is 9.55 Å². The fourth-order valence-electron chi connectivity index (χ4n) is 2.15. The minimum Gasteiger partial charge on any atom is -0.394 e. The van der Waals surface area contributed by atoms with Crippen molar-refractivity contribution in [2.45, 2.75) is 32.6 Å². The van der Waals surface area contributed by atoms with E-state index in [1.165, 1.54) is 10.8 Å². The highest BCUT2D eigenvalue weighted by molar-refractivity contribution is 5.02. The first-order valence-corrected chi connectivity index (χ1v) is 5.61. The Hall–Kier alpha value is -1.40. The van der Waals surface area contributed by atoms with Gasteiger partial charge in [0.05, 0.1) is 12.7 Å². The molecule has 1 aliphatic heterocycles. The number of hydrogen-bond donors (Lipinski definition) is 2. The smallest absolute Gasteiger partial charge is 0.330 e. The second-order valence-corrected chi connectivity index (χ2v) is 4.52. The lowest BCUT2D eigenvalue weighted by Gasteiger charge is -2.18. The molecule has 94 valence electrons. The Bertz CT molecular complexity index is 519. The molecular weight excluding hydrogens is 224 g/mol. The second-order valence-electron chi connectivity index (χ2n) is 4.52. The number of aliphatic hydroxyl groups is 1. The number of aromatic amines is 1. The normalized spacial score (nSPS) is 28.5. The zero-order valence-electron chi connectivity index (χ0n) is 9.84. The summed E-state index contributed by atoms with van der Waals surface area (Å²) in [5.74, 6) is 0.121. The molecule has 0 spiro atoms. The van der Waals surface area contributed by atoms with Gasteiger partial charge in [-0.3, -0.25) is 14.3 Å². The summed E-state index contributed by atoms with van der Waals surface area (Å²) in [6.07, 6.45) is 1.54. The van der Waals surface area contributed by atoms with E-state index in [1.807, 2.05) is 6.92 Å². The third-order valence-electron chi connectivity index (χ3n) is 3.08. The Morgan fingerprint density at radius 1 is 1.59 bits per heavy atom. The van der Waals surface area contributed by atoms with Crippen LogP contribution in [0.5, 0.6) is 0 Å². The molecular formula is C11H16N2O4.